The number of nitrogens with one attached hydrogen (secondary N) is 2. The zero-order chi connectivity index (χ0) is 35.9. The Morgan fingerprint density at radius 3 is 1.08 bits per heavy atom. The van der Waals surface area contributed by atoms with Gasteiger partial charge in [0, 0.05) is 20.1 Å². The van der Waals surface area contributed by atoms with Crippen molar-refractivity contribution in [1.82, 2.24) is 10.6 Å². The number of fused-ring (bicyclic) bond motifs is 1. The van der Waals surface area contributed by atoms with Crippen molar-refractivity contribution >= 4 is 78.3 Å². The van der Waals surface area contributed by atoms with Gasteiger partial charge in [-0.2, -0.15) is 0 Å². The molecule has 2 aromatic carbocycles. The predicted octanol–water partition coefficient (Wildman–Crippen LogP) is 13.8. The summed E-state index contributed by atoms with van der Waals surface area (Å²) < 4.78 is 1.51. The predicted molar refractivity (Wildman–Crippen MR) is 220 cm³/mol. The molecule has 0 spiro atoms. The number of carbonyl (C=O) groups is 2. The van der Waals surface area contributed by atoms with E-state index in [1.165, 1.54) is 116 Å². The van der Waals surface area contributed by atoms with E-state index in [1.54, 1.807) is 0 Å². The number of hydrogen-bond acceptors (Lipinski definition) is 2. The molecule has 2 amide bonds. The van der Waals surface area contributed by atoms with E-state index in [1.807, 2.05) is 12.1 Å². The molecule has 8 heteroatoms. The van der Waals surface area contributed by atoms with Gasteiger partial charge in [0.25, 0.3) is 11.8 Å². The van der Waals surface area contributed by atoms with Crippen molar-refractivity contribution in [2.75, 3.05) is 0 Å². The standard InChI is InChI=1S/C42H56Br2Cl2N2O2/c1-3-5-7-9-11-13-15-17-19-21-23-29-25-31(43)35(33(45)27-29)39-37-38(42(50)47-39)40(48-41(37)49)36-32(44)26-30(28-34(36)46)24-22-20-18-16-14-12-10-8-6-4-2/h25-28H,3-24H2,1-2H3,(H,47,50)(H,48,49). The number of aryl methyl sites for hydroxylation is 2. The summed E-state index contributed by atoms with van der Waals surface area (Å²) in [5, 5.41) is 6.91. The number of rotatable bonds is 24. The number of halogens is 4. The molecule has 2 N–H and O–H groups in total. The fraction of sp³-hybridized carbons (Fsp3) is 0.571. The third-order valence-electron chi connectivity index (χ3n) is 10.0. The van der Waals surface area contributed by atoms with E-state index in [-0.39, 0.29) is 11.8 Å². The van der Waals surface area contributed by atoms with Crippen LogP contribution in [0, 0.1) is 0 Å². The van der Waals surface area contributed by atoms with Crippen LogP contribution < -0.4 is 10.6 Å². The summed E-state index contributed by atoms with van der Waals surface area (Å²) in [5.41, 5.74) is 4.95. The first-order valence-electron chi connectivity index (χ1n) is 19.3. The van der Waals surface area contributed by atoms with Gasteiger partial charge >= 0.3 is 0 Å². The molecule has 0 atom stereocenters. The maximum Gasteiger partial charge on any atom is 0.258 e. The molecular formula is C42H56Br2Cl2N2O2. The van der Waals surface area contributed by atoms with Crippen LogP contribution in [0.25, 0.3) is 11.4 Å². The highest BCUT2D eigenvalue weighted by Crippen LogP contribution is 2.44. The molecule has 4 nitrogen and oxygen atoms in total. The molecule has 2 aromatic rings. The third kappa shape index (κ3) is 11.7. The van der Waals surface area contributed by atoms with E-state index in [9.17, 15) is 9.59 Å². The summed E-state index contributed by atoms with van der Waals surface area (Å²) in [4.78, 5) is 26.9. The largest absolute Gasteiger partial charge is 0.321 e. The number of amides is 2. The highest BCUT2D eigenvalue weighted by Gasteiger charge is 2.42. The Kier molecular flexibility index (Phi) is 18.0. The van der Waals surface area contributed by atoms with Gasteiger partial charge in [-0.15, -0.1) is 0 Å². The van der Waals surface area contributed by atoms with Gasteiger partial charge in [-0.1, -0.05) is 184 Å². The van der Waals surface area contributed by atoms with Gasteiger partial charge in [0.05, 0.1) is 32.6 Å². The third-order valence-corrected chi connectivity index (χ3v) is 11.9. The molecule has 0 radical (unpaired) electrons. The highest BCUT2D eigenvalue weighted by atomic mass is 79.9. The Hall–Kier alpha value is -1.60. The lowest BCUT2D eigenvalue weighted by Crippen LogP contribution is -2.22. The van der Waals surface area contributed by atoms with E-state index >= 15 is 0 Å². The van der Waals surface area contributed by atoms with Gasteiger partial charge in [0.1, 0.15) is 0 Å². The molecule has 2 heterocycles. The zero-order valence-electron chi connectivity index (χ0n) is 30.2. The van der Waals surface area contributed by atoms with Crippen molar-refractivity contribution in [1.29, 1.82) is 0 Å². The molecule has 0 aliphatic carbocycles. The monoisotopic (exact) mass is 848 g/mol. The molecule has 2 aliphatic rings. The van der Waals surface area contributed by atoms with Crippen LogP contribution in [0.15, 0.2) is 44.4 Å². The van der Waals surface area contributed by atoms with Crippen molar-refractivity contribution in [3.8, 4) is 0 Å². The van der Waals surface area contributed by atoms with Crippen LogP contribution in [-0.2, 0) is 22.4 Å². The molecule has 0 saturated carbocycles. The van der Waals surface area contributed by atoms with Crippen molar-refractivity contribution in [3.63, 3.8) is 0 Å². The van der Waals surface area contributed by atoms with Gasteiger partial charge in [0.2, 0.25) is 0 Å². The first-order chi connectivity index (χ1) is 24.3. The zero-order valence-corrected chi connectivity index (χ0v) is 34.9. The van der Waals surface area contributed by atoms with Crippen molar-refractivity contribution in [2.45, 2.75) is 155 Å². The number of hydrogen-bond donors (Lipinski definition) is 2. The Balaban J connectivity index is 1.37. The smallest absolute Gasteiger partial charge is 0.258 e. The Morgan fingerprint density at radius 1 is 0.480 bits per heavy atom. The van der Waals surface area contributed by atoms with Gasteiger partial charge in [-0.05, 0) is 61.1 Å². The van der Waals surface area contributed by atoms with Crippen LogP contribution in [0.1, 0.15) is 165 Å². The average Bonchev–Trinajstić information content (AvgIpc) is 3.59. The molecule has 0 bridgehead atoms. The van der Waals surface area contributed by atoms with Crippen molar-refractivity contribution in [2.24, 2.45) is 0 Å². The van der Waals surface area contributed by atoms with Gasteiger partial charge < -0.3 is 10.6 Å². The van der Waals surface area contributed by atoms with Crippen LogP contribution in [0.5, 0.6) is 0 Å². The van der Waals surface area contributed by atoms with Crippen LogP contribution in [0.3, 0.4) is 0 Å². The Morgan fingerprint density at radius 2 is 0.780 bits per heavy atom. The fourth-order valence-electron chi connectivity index (χ4n) is 7.21. The SMILES string of the molecule is CCCCCCCCCCCCc1cc(Cl)c(C2=C3C(=O)NC(c4c(Cl)cc(CCCCCCCCCCCC)cc4Br)=C3C(=O)N2)c(Br)c1. The molecule has 50 heavy (non-hydrogen) atoms. The van der Waals surface area contributed by atoms with E-state index in [0.29, 0.717) is 43.7 Å². The van der Waals surface area contributed by atoms with Gasteiger partial charge in [0.15, 0.2) is 0 Å². The molecule has 0 unspecified atom stereocenters. The quantitative estimate of drug-likeness (QED) is 0.103. The molecule has 0 aromatic heterocycles. The number of unbranched alkanes of at least 4 members (excludes halogenated alkanes) is 18. The second-order valence-corrected chi connectivity index (χ2v) is 16.7. The lowest BCUT2D eigenvalue weighted by molar-refractivity contribution is -0.117. The second-order valence-electron chi connectivity index (χ2n) is 14.1. The maximum absolute atomic E-state index is 13.5. The van der Waals surface area contributed by atoms with Crippen LogP contribution >= 0.6 is 55.1 Å². The topological polar surface area (TPSA) is 58.2 Å². The molecule has 0 fully saturated rings. The summed E-state index contributed by atoms with van der Waals surface area (Å²) in [6.07, 6.45) is 27.8. The maximum atomic E-state index is 13.5. The fourth-order valence-corrected chi connectivity index (χ4v) is 9.52. The summed E-state index contributed by atoms with van der Waals surface area (Å²) in [6, 6.07) is 8.05. The number of benzene rings is 2. The van der Waals surface area contributed by atoms with Crippen LogP contribution in [-0.4, -0.2) is 11.8 Å². The average molecular weight is 852 g/mol. The molecular weight excluding hydrogens is 795 g/mol. The first-order valence-corrected chi connectivity index (χ1v) is 21.7. The minimum absolute atomic E-state index is 0.299. The van der Waals surface area contributed by atoms with E-state index < -0.39 is 0 Å². The highest BCUT2D eigenvalue weighted by molar-refractivity contribution is 9.10. The van der Waals surface area contributed by atoms with Gasteiger partial charge in [-0.3, -0.25) is 9.59 Å². The van der Waals surface area contributed by atoms with Gasteiger partial charge in [-0.25, -0.2) is 0 Å². The number of carbonyl (C=O) groups excluding carboxylic acids is 2. The molecule has 274 valence electrons. The Bertz CT molecular complexity index is 1370. The van der Waals surface area contributed by atoms with Crippen LogP contribution in [0.2, 0.25) is 10.0 Å². The molecule has 0 saturated heterocycles. The minimum Gasteiger partial charge on any atom is -0.321 e. The first kappa shape index (κ1) is 41.2. The van der Waals surface area contributed by atoms with E-state index in [4.69, 9.17) is 23.2 Å². The summed E-state index contributed by atoms with van der Waals surface area (Å²) in [7, 11) is 0. The second kappa shape index (κ2) is 21.8. The van der Waals surface area contributed by atoms with E-state index in [0.717, 1.165) is 45.8 Å². The molecule has 2 aliphatic heterocycles. The Labute approximate surface area is 328 Å². The summed E-state index contributed by atoms with van der Waals surface area (Å²) in [5.74, 6) is -0.698. The van der Waals surface area contributed by atoms with Crippen molar-refractivity contribution in [3.05, 3.63) is 76.7 Å². The minimum atomic E-state index is -0.349. The lowest BCUT2D eigenvalue weighted by atomic mass is 9.98. The lowest BCUT2D eigenvalue weighted by Gasteiger charge is -2.14. The normalized spacial score (nSPS) is 14.2. The summed E-state index contributed by atoms with van der Waals surface area (Å²) in [6.45, 7) is 4.52. The summed E-state index contributed by atoms with van der Waals surface area (Å²) >= 11 is 21.1. The molecule has 4 rings (SSSR count). The van der Waals surface area contributed by atoms with E-state index in [2.05, 4.69) is 68.5 Å². The van der Waals surface area contributed by atoms with Crippen molar-refractivity contribution < 1.29 is 9.59 Å². The van der Waals surface area contributed by atoms with Crippen LogP contribution in [0.4, 0.5) is 0 Å².